The van der Waals surface area contributed by atoms with Gasteiger partial charge in [0.2, 0.25) is 0 Å². The fourth-order valence-electron chi connectivity index (χ4n) is 3.05. The standard InChI is InChI=1S/C23H24Cl2N4/c24-21-9-5-19(6-10-21)15-29(16-20-7-11-22(25)12-8-20)14-18-3-1-17(2-4-18)13-28-23(26)27/h1-12H,13-16H2,(H4,26,27,28). The summed E-state index contributed by atoms with van der Waals surface area (Å²) in [5.41, 5.74) is 15.5. The Kier molecular flexibility index (Phi) is 7.53. The van der Waals surface area contributed by atoms with Crippen LogP contribution in [0.15, 0.2) is 77.8 Å². The van der Waals surface area contributed by atoms with Crippen LogP contribution in [-0.2, 0) is 26.2 Å². The highest BCUT2D eigenvalue weighted by Crippen LogP contribution is 2.18. The van der Waals surface area contributed by atoms with Gasteiger partial charge in [-0.3, -0.25) is 4.90 Å². The summed E-state index contributed by atoms with van der Waals surface area (Å²) in [6.45, 7) is 2.93. The second-order valence-corrected chi connectivity index (χ2v) is 7.83. The molecule has 0 aromatic heterocycles. The minimum atomic E-state index is 0.103. The first-order valence-electron chi connectivity index (χ1n) is 9.32. The van der Waals surface area contributed by atoms with E-state index in [1.165, 1.54) is 16.7 Å². The molecule has 0 heterocycles. The highest BCUT2D eigenvalue weighted by molar-refractivity contribution is 6.30. The van der Waals surface area contributed by atoms with Crippen molar-refractivity contribution in [3.05, 3.63) is 105 Å². The van der Waals surface area contributed by atoms with Gasteiger partial charge in [-0.1, -0.05) is 71.7 Å². The fourth-order valence-corrected chi connectivity index (χ4v) is 3.31. The number of hydrogen-bond acceptors (Lipinski definition) is 2. The Labute approximate surface area is 181 Å². The molecule has 0 unspecified atom stereocenters. The molecule has 0 aliphatic carbocycles. The Balaban J connectivity index is 1.73. The van der Waals surface area contributed by atoms with Crippen LogP contribution in [0, 0.1) is 0 Å². The molecule has 3 rings (SSSR count). The van der Waals surface area contributed by atoms with E-state index in [2.05, 4.69) is 58.4 Å². The maximum Gasteiger partial charge on any atom is 0.186 e. The van der Waals surface area contributed by atoms with Crippen LogP contribution in [0.25, 0.3) is 0 Å². The maximum atomic E-state index is 6.03. The van der Waals surface area contributed by atoms with Crippen molar-refractivity contribution in [3.8, 4) is 0 Å². The Morgan fingerprint density at radius 3 is 1.34 bits per heavy atom. The highest BCUT2D eigenvalue weighted by Gasteiger charge is 2.09. The minimum Gasteiger partial charge on any atom is -0.370 e. The van der Waals surface area contributed by atoms with E-state index >= 15 is 0 Å². The number of hydrogen-bond donors (Lipinski definition) is 2. The van der Waals surface area contributed by atoms with Gasteiger partial charge in [-0.25, -0.2) is 4.99 Å². The summed E-state index contributed by atoms with van der Waals surface area (Å²) in [7, 11) is 0. The van der Waals surface area contributed by atoms with Crippen molar-refractivity contribution in [2.24, 2.45) is 16.5 Å². The molecule has 3 aromatic rings. The molecule has 0 radical (unpaired) electrons. The van der Waals surface area contributed by atoms with E-state index in [0.29, 0.717) is 6.54 Å². The van der Waals surface area contributed by atoms with Crippen LogP contribution in [0.2, 0.25) is 10.0 Å². The third kappa shape index (κ3) is 7.09. The van der Waals surface area contributed by atoms with Gasteiger partial charge in [0.05, 0.1) is 6.54 Å². The van der Waals surface area contributed by atoms with Crippen molar-refractivity contribution in [3.63, 3.8) is 0 Å². The van der Waals surface area contributed by atoms with E-state index in [4.69, 9.17) is 34.7 Å². The number of rotatable bonds is 8. The summed E-state index contributed by atoms with van der Waals surface area (Å²) in [5.74, 6) is 0.103. The summed E-state index contributed by atoms with van der Waals surface area (Å²) >= 11 is 12.1. The first kappa shape index (κ1) is 21.2. The molecule has 0 aliphatic heterocycles. The van der Waals surface area contributed by atoms with Gasteiger partial charge < -0.3 is 11.5 Å². The quantitative estimate of drug-likeness (QED) is 0.394. The average Bonchev–Trinajstić information content (AvgIpc) is 2.71. The molecule has 150 valence electrons. The molecule has 0 saturated heterocycles. The normalized spacial score (nSPS) is 10.9. The van der Waals surface area contributed by atoms with Crippen LogP contribution in [0.4, 0.5) is 0 Å². The van der Waals surface area contributed by atoms with E-state index in [1.54, 1.807) is 0 Å². The molecule has 0 amide bonds. The van der Waals surface area contributed by atoms with Crippen LogP contribution >= 0.6 is 23.2 Å². The van der Waals surface area contributed by atoms with Gasteiger partial charge in [0.1, 0.15) is 0 Å². The molecular formula is C23H24Cl2N4. The molecule has 3 aromatic carbocycles. The monoisotopic (exact) mass is 426 g/mol. The van der Waals surface area contributed by atoms with Gasteiger partial charge in [0.15, 0.2) is 5.96 Å². The summed E-state index contributed by atoms with van der Waals surface area (Å²) in [5, 5.41) is 1.49. The molecule has 6 heteroatoms. The molecule has 0 atom stereocenters. The van der Waals surface area contributed by atoms with Gasteiger partial charge in [0.25, 0.3) is 0 Å². The lowest BCUT2D eigenvalue weighted by Gasteiger charge is -2.23. The molecule has 4 nitrogen and oxygen atoms in total. The Hall–Kier alpha value is -2.53. The summed E-state index contributed by atoms with van der Waals surface area (Å²) in [6.07, 6.45) is 0. The van der Waals surface area contributed by atoms with E-state index in [9.17, 15) is 0 Å². The second kappa shape index (κ2) is 10.3. The second-order valence-electron chi connectivity index (χ2n) is 6.96. The van der Waals surface area contributed by atoms with Crippen molar-refractivity contribution in [1.29, 1.82) is 0 Å². The van der Waals surface area contributed by atoms with E-state index in [1.807, 2.05) is 24.3 Å². The zero-order valence-electron chi connectivity index (χ0n) is 16.1. The minimum absolute atomic E-state index is 0.103. The third-order valence-corrected chi connectivity index (χ3v) is 5.02. The molecule has 0 fully saturated rings. The SMILES string of the molecule is NC(N)=NCc1ccc(CN(Cc2ccc(Cl)cc2)Cc2ccc(Cl)cc2)cc1. The molecular weight excluding hydrogens is 403 g/mol. The number of aliphatic imine (C=N–C) groups is 1. The van der Waals surface area contributed by atoms with Crippen molar-refractivity contribution in [2.45, 2.75) is 26.2 Å². The average molecular weight is 427 g/mol. The number of guanidine groups is 1. The number of nitrogens with zero attached hydrogens (tertiary/aromatic N) is 2. The van der Waals surface area contributed by atoms with E-state index in [0.717, 1.165) is 35.2 Å². The number of benzene rings is 3. The maximum absolute atomic E-state index is 6.03. The summed E-state index contributed by atoms with van der Waals surface area (Å²) in [4.78, 5) is 6.44. The Bertz CT molecular complexity index is 885. The van der Waals surface area contributed by atoms with Crippen LogP contribution in [-0.4, -0.2) is 10.9 Å². The molecule has 0 bridgehead atoms. The largest absolute Gasteiger partial charge is 0.370 e. The predicted molar refractivity (Wildman–Crippen MR) is 122 cm³/mol. The fraction of sp³-hybridized carbons (Fsp3) is 0.174. The van der Waals surface area contributed by atoms with E-state index < -0.39 is 0 Å². The zero-order chi connectivity index (χ0) is 20.6. The topological polar surface area (TPSA) is 67.6 Å². The van der Waals surface area contributed by atoms with Gasteiger partial charge >= 0.3 is 0 Å². The summed E-state index contributed by atoms with van der Waals surface area (Å²) < 4.78 is 0. The Morgan fingerprint density at radius 1 is 0.621 bits per heavy atom. The van der Waals surface area contributed by atoms with E-state index in [-0.39, 0.29) is 5.96 Å². The van der Waals surface area contributed by atoms with Crippen molar-refractivity contribution < 1.29 is 0 Å². The Morgan fingerprint density at radius 2 is 0.966 bits per heavy atom. The third-order valence-electron chi connectivity index (χ3n) is 4.51. The first-order chi connectivity index (χ1) is 14.0. The predicted octanol–water partition coefficient (Wildman–Crippen LogP) is 4.97. The highest BCUT2D eigenvalue weighted by atomic mass is 35.5. The smallest absolute Gasteiger partial charge is 0.186 e. The molecule has 4 N–H and O–H groups in total. The molecule has 0 aliphatic rings. The van der Waals surface area contributed by atoms with Crippen molar-refractivity contribution in [2.75, 3.05) is 0 Å². The van der Waals surface area contributed by atoms with Crippen molar-refractivity contribution in [1.82, 2.24) is 4.90 Å². The zero-order valence-corrected chi connectivity index (χ0v) is 17.6. The number of halogens is 2. The van der Waals surface area contributed by atoms with Gasteiger partial charge in [-0.05, 0) is 46.5 Å². The first-order valence-corrected chi connectivity index (χ1v) is 10.1. The van der Waals surface area contributed by atoms with Gasteiger partial charge in [0, 0.05) is 29.7 Å². The van der Waals surface area contributed by atoms with Crippen LogP contribution in [0.1, 0.15) is 22.3 Å². The lowest BCUT2D eigenvalue weighted by molar-refractivity contribution is 0.247. The van der Waals surface area contributed by atoms with Crippen molar-refractivity contribution >= 4 is 29.2 Å². The number of nitrogens with two attached hydrogens (primary N) is 2. The van der Waals surface area contributed by atoms with Crippen LogP contribution in [0.5, 0.6) is 0 Å². The summed E-state index contributed by atoms with van der Waals surface area (Å²) in [6, 6.07) is 24.3. The molecule has 29 heavy (non-hydrogen) atoms. The van der Waals surface area contributed by atoms with Crippen LogP contribution in [0.3, 0.4) is 0 Å². The lowest BCUT2D eigenvalue weighted by atomic mass is 10.1. The van der Waals surface area contributed by atoms with Gasteiger partial charge in [-0.15, -0.1) is 0 Å². The lowest BCUT2D eigenvalue weighted by Crippen LogP contribution is -2.22. The molecule has 0 spiro atoms. The van der Waals surface area contributed by atoms with Gasteiger partial charge in [-0.2, -0.15) is 0 Å². The van der Waals surface area contributed by atoms with Crippen LogP contribution < -0.4 is 11.5 Å². The molecule has 0 saturated carbocycles.